The zero-order valence-electron chi connectivity index (χ0n) is 12.8. The van der Waals surface area contributed by atoms with Crippen molar-refractivity contribution in [3.63, 3.8) is 0 Å². The van der Waals surface area contributed by atoms with Gasteiger partial charge in [0.25, 0.3) is 5.91 Å². The lowest BCUT2D eigenvalue weighted by Crippen LogP contribution is -2.42. The Hall–Kier alpha value is -2.21. The Balaban J connectivity index is 1.63. The first-order valence-corrected chi connectivity index (χ1v) is 8.80. The molecule has 1 amide bonds. The summed E-state index contributed by atoms with van der Waals surface area (Å²) in [5, 5.41) is 6.56. The first-order chi connectivity index (χ1) is 11.2. The molecule has 1 fully saturated rings. The molecule has 2 bridgehead atoms. The van der Waals surface area contributed by atoms with Gasteiger partial charge in [-0.3, -0.25) is 4.79 Å². The summed E-state index contributed by atoms with van der Waals surface area (Å²) in [7, 11) is 0. The Labute approximate surface area is 137 Å². The highest BCUT2D eigenvalue weighted by Gasteiger charge is 2.44. The molecule has 23 heavy (non-hydrogen) atoms. The van der Waals surface area contributed by atoms with Crippen molar-refractivity contribution in [3.05, 3.63) is 51.6 Å². The van der Waals surface area contributed by atoms with E-state index in [1.165, 1.54) is 22.6 Å². The highest BCUT2D eigenvalue weighted by Crippen LogP contribution is 2.44. The molecule has 0 aliphatic carbocycles. The number of rotatable bonds is 1. The van der Waals surface area contributed by atoms with Crippen LogP contribution in [-0.4, -0.2) is 31.4 Å². The van der Waals surface area contributed by atoms with Gasteiger partial charge in [0, 0.05) is 30.3 Å². The van der Waals surface area contributed by atoms with E-state index in [0.29, 0.717) is 0 Å². The summed E-state index contributed by atoms with van der Waals surface area (Å²) in [5.74, 6) is 0.162. The first kappa shape index (κ1) is 13.2. The summed E-state index contributed by atoms with van der Waals surface area (Å²) in [6.45, 7) is 1.99. The second kappa shape index (κ2) is 4.64. The van der Waals surface area contributed by atoms with Crippen molar-refractivity contribution in [2.45, 2.75) is 38.3 Å². The van der Waals surface area contributed by atoms with Crippen LogP contribution in [0.15, 0.2) is 29.8 Å². The zero-order chi connectivity index (χ0) is 15.6. The van der Waals surface area contributed by atoms with Crippen LogP contribution in [0.3, 0.4) is 0 Å². The van der Waals surface area contributed by atoms with Gasteiger partial charge in [-0.1, -0.05) is 6.07 Å². The number of hydrogen-bond acceptors (Lipinski definition) is 4. The minimum Gasteiger partial charge on any atom is -0.327 e. The molecule has 0 aromatic carbocycles. The second-order valence-corrected chi connectivity index (χ2v) is 7.30. The molecule has 0 radical (unpaired) electrons. The highest BCUT2D eigenvalue weighted by atomic mass is 32.1. The molecule has 5 heterocycles. The van der Waals surface area contributed by atoms with Crippen LogP contribution < -0.4 is 0 Å². The van der Waals surface area contributed by atoms with E-state index in [0.717, 1.165) is 35.5 Å². The summed E-state index contributed by atoms with van der Waals surface area (Å²) in [6.07, 6.45) is 4.89. The summed E-state index contributed by atoms with van der Waals surface area (Å²) in [4.78, 5) is 20.4. The summed E-state index contributed by atoms with van der Waals surface area (Å²) in [5.41, 5.74) is 4.28. The van der Waals surface area contributed by atoms with Gasteiger partial charge in [0.15, 0.2) is 5.65 Å². The Morgan fingerprint density at radius 2 is 2.30 bits per heavy atom. The van der Waals surface area contributed by atoms with E-state index in [1.807, 2.05) is 41.2 Å². The molecular weight excluding hydrogens is 308 g/mol. The fourth-order valence-corrected chi connectivity index (χ4v) is 4.71. The fraction of sp³-hybridized carbons (Fsp3) is 0.353. The van der Waals surface area contributed by atoms with E-state index in [1.54, 1.807) is 0 Å². The van der Waals surface area contributed by atoms with Crippen LogP contribution >= 0.6 is 11.3 Å². The maximum Gasteiger partial charge on any atom is 0.264 e. The molecule has 1 saturated heterocycles. The number of amides is 1. The lowest BCUT2D eigenvalue weighted by Gasteiger charge is -2.35. The van der Waals surface area contributed by atoms with Gasteiger partial charge in [-0.2, -0.15) is 5.10 Å². The van der Waals surface area contributed by atoms with Crippen LogP contribution in [0.2, 0.25) is 0 Å². The quantitative estimate of drug-likeness (QED) is 0.691. The number of fused-ring (bicyclic) bond motifs is 6. The molecule has 0 saturated carbocycles. The molecule has 0 N–H and O–H groups in total. The number of carbonyl (C=O) groups is 1. The van der Waals surface area contributed by atoms with Crippen molar-refractivity contribution in [3.8, 4) is 0 Å². The third kappa shape index (κ3) is 1.81. The van der Waals surface area contributed by atoms with Crippen molar-refractivity contribution < 1.29 is 4.79 Å². The van der Waals surface area contributed by atoms with Gasteiger partial charge in [0.2, 0.25) is 0 Å². The molecule has 3 aromatic heterocycles. The second-order valence-electron chi connectivity index (χ2n) is 6.36. The Bertz CT molecular complexity index is 914. The van der Waals surface area contributed by atoms with Gasteiger partial charge in [0.1, 0.15) is 0 Å². The highest BCUT2D eigenvalue weighted by molar-refractivity contribution is 7.12. The lowest BCUT2D eigenvalue weighted by molar-refractivity contribution is 0.0648. The van der Waals surface area contributed by atoms with E-state index in [-0.39, 0.29) is 18.0 Å². The normalized spacial score (nSPS) is 22.6. The number of hydrogen-bond donors (Lipinski definition) is 0. The van der Waals surface area contributed by atoms with Crippen LogP contribution in [0.5, 0.6) is 0 Å². The van der Waals surface area contributed by atoms with Crippen molar-refractivity contribution in [2.75, 3.05) is 0 Å². The number of nitrogens with zero attached hydrogens (tertiary/aromatic N) is 4. The van der Waals surface area contributed by atoms with Crippen LogP contribution in [0.1, 0.15) is 45.5 Å². The van der Waals surface area contributed by atoms with Crippen LogP contribution in [0.25, 0.3) is 5.65 Å². The van der Waals surface area contributed by atoms with Gasteiger partial charge in [0.05, 0.1) is 22.3 Å². The zero-order valence-corrected chi connectivity index (χ0v) is 13.6. The van der Waals surface area contributed by atoms with Crippen molar-refractivity contribution in [1.82, 2.24) is 19.5 Å². The SMILES string of the molecule is Cc1cc2ncc3c(n2n1)C[C@H]1CC[C@H]3N1C(=O)c1cccs1. The van der Waals surface area contributed by atoms with E-state index >= 15 is 0 Å². The summed E-state index contributed by atoms with van der Waals surface area (Å²) < 4.78 is 1.98. The topological polar surface area (TPSA) is 50.5 Å². The number of thiophene rings is 1. The number of carbonyl (C=O) groups excluding carboxylic acids is 1. The van der Waals surface area contributed by atoms with Crippen LogP contribution in [0.4, 0.5) is 0 Å². The summed E-state index contributed by atoms with van der Waals surface area (Å²) in [6, 6.07) is 6.28. The molecule has 2 aliphatic heterocycles. The number of aromatic nitrogens is 3. The van der Waals surface area contributed by atoms with Gasteiger partial charge >= 0.3 is 0 Å². The van der Waals surface area contributed by atoms with Crippen LogP contribution in [0, 0.1) is 6.92 Å². The molecule has 0 spiro atoms. The summed E-state index contributed by atoms with van der Waals surface area (Å²) >= 11 is 1.52. The van der Waals surface area contributed by atoms with Gasteiger partial charge in [-0.25, -0.2) is 9.50 Å². The third-order valence-electron chi connectivity index (χ3n) is 4.99. The minimum atomic E-state index is 0.139. The molecule has 2 aliphatic rings. The smallest absolute Gasteiger partial charge is 0.264 e. The van der Waals surface area contributed by atoms with E-state index in [4.69, 9.17) is 0 Å². The van der Waals surface area contributed by atoms with Crippen molar-refractivity contribution >= 4 is 22.9 Å². The molecule has 3 aromatic rings. The minimum absolute atomic E-state index is 0.139. The molecule has 6 heteroatoms. The van der Waals surface area contributed by atoms with E-state index in [2.05, 4.69) is 15.0 Å². The molecule has 5 nitrogen and oxygen atoms in total. The molecule has 0 unspecified atom stereocenters. The lowest BCUT2D eigenvalue weighted by atomic mass is 9.99. The molecule has 116 valence electrons. The maximum atomic E-state index is 12.9. The van der Waals surface area contributed by atoms with Crippen molar-refractivity contribution in [1.29, 1.82) is 0 Å². The Kier molecular flexibility index (Phi) is 2.68. The standard InChI is InChI=1S/C17H16N4OS/c1-10-7-16-18-9-12-13-5-4-11(8-14(12)21(16)19-10)20(13)17(22)15-3-2-6-23-15/h2-3,6-7,9,11,13H,4-5,8H2,1H3/t11-,13-/m1/s1. The first-order valence-electron chi connectivity index (χ1n) is 7.92. The van der Waals surface area contributed by atoms with E-state index in [9.17, 15) is 4.79 Å². The monoisotopic (exact) mass is 324 g/mol. The molecular formula is C17H16N4OS. The molecule has 2 atom stereocenters. The van der Waals surface area contributed by atoms with E-state index < -0.39 is 0 Å². The predicted molar refractivity (Wildman–Crippen MR) is 87.7 cm³/mol. The maximum absolute atomic E-state index is 12.9. The molecule has 5 rings (SSSR count). The van der Waals surface area contributed by atoms with Gasteiger partial charge in [-0.05, 0) is 31.2 Å². The number of aryl methyl sites for hydroxylation is 1. The van der Waals surface area contributed by atoms with Crippen molar-refractivity contribution in [2.24, 2.45) is 0 Å². The largest absolute Gasteiger partial charge is 0.327 e. The van der Waals surface area contributed by atoms with Gasteiger partial charge in [-0.15, -0.1) is 11.3 Å². The third-order valence-corrected chi connectivity index (χ3v) is 5.85. The van der Waals surface area contributed by atoms with Crippen LogP contribution in [-0.2, 0) is 6.42 Å². The average Bonchev–Trinajstić information content (AvgIpc) is 3.25. The average molecular weight is 324 g/mol. The fourth-order valence-electron chi connectivity index (χ4n) is 4.04. The predicted octanol–water partition coefficient (Wildman–Crippen LogP) is 3.00. The Morgan fingerprint density at radius 1 is 1.39 bits per heavy atom. The Morgan fingerprint density at radius 3 is 3.13 bits per heavy atom. The van der Waals surface area contributed by atoms with Gasteiger partial charge < -0.3 is 4.90 Å².